The van der Waals surface area contributed by atoms with E-state index in [0.717, 1.165) is 5.52 Å². The lowest BCUT2D eigenvalue weighted by Crippen LogP contribution is -2.14. The third kappa shape index (κ3) is 2.40. The second-order valence-corrected chi connectivity index (χ2v) is 5.38. The predicted octanol–water partition coefficient (Wildman–Crippen LogP) is 3.29. The molecule has 0 amide bonds. The zero-order chi connectivity index (χ0) is 15.0. The molecular weight excluding hydrogens is 288 g/mol. The molecule has 0 spiro atoms. The molecule has 0 aliphatic rings. The molecule has 0 fully saturated rings. The summed E-state index contributed by atoms with van der Waals surface area (Å²) in [5.41, 5.74) is 2.34. The lowest BCUT2D eigenvalue weighted by atomic mass is 10.1. The van der Waals surface area contributed by atoms with Crippen LogP contribution in [0.2, 0.25) is 5.02 Å². The number of carbonyl (C=O) groups excluding carboxylic acids is 1. The van der Waals surface area contributed by atoms with Crippen molar-refractivity contribution in [1.82, 2.24) is 19.7 Å². The summed E-state index contributed by atoms with van der Waals surface area (Å²) < 4.78 is 1.63. The minimum atomic E-state index is -0.168. The zero-order valence-corrected chi connectivity index (χ0v) is 12.4. The fraction of sp³-hybridized carbons (Fsp3) is 0.200. The summed E-state index contributed by atoms with van der Waals surface area (Å²) in [4.78, 5) is 21.1. The van der Waals surface area contributed by atoms with Gasteiger partial charge in [0.1, 0.15) is 5.69 Å². The van der Waals surface area contributed by atoms with E-state index in [1.165, 1.54) is 6.20 Å². The quantitative estimate of drug-likeness (QED) is 0.696. The highest BCUT2D eigenvalue weighted by atomic mass is 35.5. The molecule has 106 valence electrons. The van der Waals surface area contributed by atoms with Crippen molar-refractivity contribution >= 4 is 28.4 Å². The third-order valence-electron chi connectivity index (χ3n) is 3.19. The summed E-state index contributed by atoms with van der Waals surface area (Å²) >= 11 is 6.12. The number of halogens is 1. The first-order valence-corrected chi connectivity index (χ1v) is 6.94. The van der Waals surface area contributed by atoms with Gasteiger partial charge < -0.3 is 0 Å². The monoisotopic (exact) mass is 300 g/mol. The molecule has 0 atom stereocenters. The molecule has 2 heterocycles. The highest BCUT2D eigenvalue weighted by molar-refractivity contribution is 6.34. The van der Waals surface area contributed by atoms with Gasteiger partial charge in [-0.1, -0.05) is 11.6 Å². The second kappa shape index (κ2) is 5.26. The van der Waals surface area contributed by atoms with E-state index in [9.17, 15) is 4.79 Å². The summed E-state index contributed by atoms with van der Waals surface area (Å²) in [6, 6.07) is 5.28. The largest absolute Gasteiger partial charge is 0.287 e. The number of hydrogen-bond donors (Lipinski definition) is 0. The van der Waals surface area contributed by atoms with Crippen LogP contribution in [0.15, 0.2) is 36.8 Å². The van der Waals surface area contributed by atoms with Crippen LogP contribution in [-0.4, -0.2) is 25.5 Å². The van der Waals surface area contributed by atoms with Crippen LogP contribution >= 0.6 is 11.6 Å². The first-order valence-electron chi connectivity index (χ1n) is 6.56. The van der Waals surface area contributed by atoms with Crippen LogP contribution in [0.1, 0.15) is 35.9 Å². The van der Waals surface area contributed by atoms with Crippen molar-refractivity contribution in [2.24, 2.45) is 0 Å². The number of aromatic nitrogens is 4. The second-order valence-electron chi connectivity index (χ2n) is 4.97. The fourth-order valence-corrected chi connectivity index (χ4v) is 2.40. The van der Waals surface area contributed by atoms with Crippen molar-refractivity contribution in [1.29, 1.82) is 0 Å². The highest BCUT2D eigenvalue weighted by Gasteiger charge is 2.21. The van der Waals surface area contributed by atoms with E-state index >= 15 is 0 Å². The Morgan fingerprint density at radius 1 is 1.19 bits per heavy atom. The molecule has 21 heavy (non-hydrogen) atoms. The molecule has 0 N–H and O–H groups in total. The van der Waals surface area contributed by atoms with Gasteiger partial charge in [-0.15, -0.1) is 0 Å². The van der Waals surface area contributed by atoms with Crippen LogP contribution in [0.3, 0.4) is 0 Å². The van der Waals surface area contributed by atoms with Crippen molar-refractivity contribution in [2.45, 2.75) is 19.9 Å². The van der Waals surface area contributed by atoms with Crippen molar-refractivity contribution in [3.05, 3.63) is 53.1 Å². The summed E-state index contributed by atoms with van der Waals surface area (Å²) in [6.07, 6.45) is 4.71. The number of nitrogens with zero attached hydrogens (tertiary/aromatic N) is 4. The lowest BCUT2D eigenvalue weighted by Gasteiger charge is -2.10. The van der Waals surface area contributed by atoms with Crippen LogP contribution in [0.4, 0.5) is 0 Å². The number of fused-ring (bicyclic) bond motifs is 1. The average Bonchev–Trinajstić information content (AvgIpc) is 2.88. The predicted molar refractivity (Wildman–Crippen MR) is 80.6 cm³/mol. The number of hydrogen-bond acceptors (Lipinski definition) is 4. The van der Waals surface area contributed by atoms with Crippen molar-refractivity contribution < 1.29 is 4.79 Å². The summed E-state index contributed by atoms with van der Waals surface area (Å²) in [6.45, 7) is 3.90. The Balaban J connectivity index is 2.10. The molecule has 0 saturated carbocycles. The number of carbonyl (C=O) groups is 1. The van der Waals surface area contributed by atoms with Crippen molar-refractivity contribution in [2.75, 3.05) is 0 Å². The van der Waals surface area contributed by atoms with E-state index in [2.05, 4.69) is 15.1 Å². The van der Waals surface area contributed by atoms with E-state index in [-0.39, 0.29) is 11.8 Å². The normalized spacial score (nSPS) is 11.2. The highest BCUT2D eigenvalue weighted by Crippen LogP contribution is 2.23. The maximum absolute atomic E-state index is 12.7. The van der Waals surface area contributed by atoms with Gasteiger partial charge in [0.25, 0.3) is 0 Å². The number of benzene rings is 1. The van der Waals surface area contributed by atoms with Crippen molar-refractivity contribution in [3.63, 3.8) is 0 Å². The van der Waals surface area contributed by atoms with Crippen LogP contribution in [0.25, 0.3) is 11.0 Å². The van der Waals surface area contributed by atoms with Gasteiger partial charge in [0.05, 0.1) is 22.3 Å². The molecule has 6 heteroatoms. The van der Waals surface area contributed by atoms with Gasteiger partial charge in [-0.2, -0.15) is 5.10 Å². The van der Waals surface area contributed by atoms with E-state index < -0.39 is 0 Å². The molecule has 3 aromatic rings. The first-order chi connectivity index (χ1) is 10.1. The molecule has 2 aromatic heterocycles. The smallest absolute Gasteiger partial charge is 0.212 e. The molecule has 0 bridgehead atoms. The molecule has 3 rings (SSSR count). The molecule has 0 aliphatic carbocycles. The lowest BCUT2D eigenvalue weighted by molar-refractivity contribution is 0.102. The summed E-state index contributed by atoms with van der Waals surface area (Å²) in [5, 5.41) is 4.51. The van der Waals surface area contributed by atoms with Gasteiger partial charge in [-0.25, -0.2) is 0 Å². The minimum absolute atomic E-state index is 0.0525. The van der Waals surface area contributed by atoms with E-state index in [4.69, 9.17) is 11.6 Å². The van der Waals surface area contributed by atoms with E-state index in [0.29, 0.717) is 21.8 Å². The Morgan fingerprint density at radius 2 is 1.90 bits per heavy atom. The van der Waals surface area contributed by atoms with Crippen LogP contribution in [0.5, 0.6) is 0 Å². The Kier molecular flexibility index (Phi) is 3.43. The standard InChI is InChI=1S/C15H13ClN4O/c1-9(2)20-14(11(16)8-19-20)15(21)10-3-4-12-13(7-10)18-6-5-17-12/h3-9H,1-2H3. The van der Waals surface area contributed by atoms with Crippen LogP contribution in [-0.2, 0) is 0 Å². The Bertz CT molecular complexity index is 825. The zero-order valence-electron chi connectivity index (χ0n) is 11.6. The number of rotatable bonds is 3. The molecule has 1 aromatic carbocycles. The van der Waals surface area contributed by atoms with Crippen LogP contribution < -0.4 is 0 Å². The number of ketones is 1. The molecule has 0 unspecified atom stereocenters. The fourth-order valence-electron chi connectivity index (χ4n) is 2.19. The van der Waals surface area contributed by atoms with Gasteiger partial charge in [0, 0.05) is 24.0 Å². The SMILES string of the molecule is CC(C)n1ncc(Cl)c1C(=O)c1ccc2nccnc2c1. The maximum Gasteiger partial charge on any atom is 0.212 e. The molecule has 0 aliphatic heterocycles. The van der Waals surface area contributed by atoms with Gasteiger partial charge in [0.15, 0.2) is 0 Å². The molecule has 0 saturated heterocycles. The Morgan fingerprint density at radius 3 is 2.62 bits per heavy atom. The first kappa shape index (κ1) is 13.7. The van der Waals surface area contributed by atoms with Gasteiger partial charge in [-0.05, 0) is 32.0 Å². The minimum Gasteiger partial charge on any atom is -0.287 e. The third-order valence-corrected chi connectivity index (χ3v) is 3.46. The van der Waals surface area contributed by atoms with Gasteiger partial charge in [-0.3, -0.25) is 19.4 Å². The maximum atomic E-state index is 12.7. The average molecular weight is 301 g/mol. The Hall–Kier alpha value is -2.27. The molecule has 0 radical (unpaired) electrons. The Labute approximate surface area is 126 Å². The summed E-state index contributed by atoms with van der Waals surface area (Å²) in [5.74, 6) is -0.168. The molecule has 5 nitrogen and oxygen atoms in total. The summed E-state index contributed by atoms with van der Waals surface area (Å²) in [7, 11) is 0. The van der Waals surface area contributed by atoms with Crippen molar-refractivity contribution in [3.8, 4) is 0 Å². The van der Waals surface area contributed by atoms with Gasteiger partial charge >= 0.3 is 0 Å². The topological polar surface area (TPSA) is 60.7 Å². The molecular formula is C15H13ClN4O. The van der Waals surface area contributed by atoms with E-state index in [1.54, 1.807) is 35.3 Å². The van der Waals surface area contributed by atoms with E-state index in [1.807, 2.05) is 13.8 Å². The van der Waals surface area contributed by atoms with Crippen LogP contribution in [0, 0.1) is 0 Å². The van der Waals surface area contributed by atoms with Gasteiger partial charge in [0.2, 0.25) is 5.78 Å².